The van der Waals surface area contributed by atoms with E-state index in [2.05, 4.69) is 11.7 Å². The van der Waals surface area contributed by atoms with Crippen LogP contribution in [0.4, 0.5) is 4.39 Å². The summed E-state index contributed by atoms with van der Waals surface area (Å²) in [7, 11) is 1.22. The minimum Gasteiger partial charge on any atom is -0.501 e. The molecule has 0 radical (unpaired) electrons. The van der Waals surface area contributed by atoms with Gasteiger partial charge in [-0.05, 0) is 30.2 Å². The minimum atomic E-state index is -0.678. The van der Waals surface area contributed by atoms with Gasteiger partial charge in [0, 0.05) is 0 Å². The van der Waals surface area contributed by atoms with Crippen LogP contribution in [0, 0.1) is 5.82 Å². The quantitative estimate of drug-likeness (QED) is 0.442. The summed E-state index contributed by atoms with van der Waals surface area (Å²) in [6, 6.07) is 4.30. The first-order valence-electron chi connectivity index (χ1n) is 5.85. The number of methoxy groups -OCH3 is 1. The molecule has 4 heteroatoms. The van der Waals surface area contributed by atoms with E-state index in [9.17, 15) is 9.18 Å². The highest BCUT2D eigenvalue weighted by Crippen LogP contribution is 2.12. The second kappa shape index (κ2) is 7.48. The molecule has 0 saturated carbocycles. The molecular formula is C14H17FO3. The van der Waals surface area contributed by atoms with E-state index in [4.69, 9.17) is 4.74 Å². The number of carbonyl (C=O) groups excluding carboxylic acids is 1. The maximum absolute atomic E-state index is 13.5. The fraction of sp³-hybridized carbons (Fsp3) is 0.357. The lowest BCUT2D eigenvalue weighted by molar-refractivity contribution is 0.0595. The van der Waals surface area contributed by atoms with Gasteiger partial charge in [-0.1, -0.05) is 19.4 Å². The fourth-order valence-corrected chi connectivity index (χ4v) is 1.33. The fourth-order valence-electron chi connectivity index (χ4n) is 1.33. The molecular weight excluding hydrogens is 235 g/mol. The molecule has 0 amide bonds. The maximum atomic E-state index is 13.5. The van der Waals surface area contributed by atoms with Gasteiger partial charge in [0.05, 0.1) is 25.5 Å². The van der Waals surface area contributed by atoms with Crippen molar-refractivity contribution in [1.29, 1.82) is 0 Å². The number of hydrogen-bond acceptors (Lipinski definition) is 3. The van der Waals surface area contributed by atoms with Gasteiger partial charge in [0.2, 0.25) is 0 Å². The van der Waals surface area contributed by atoms with Gasteiger partial charge >= 0.3 is 5.97 Å². The second-order valence-corrected chi connectivity index (χ2v) is 3.76. The van der Waals surface area contributed by atoms with E-state index in [1.54, 1.807) is 12.1 Å². The topological polar surface area (TPSA) is 35.5 Å². The van der Waals surface area contributed by atoms with E-state index in [0.717, 1.165) is 12.8 Å². The molecule has 0 aliphatic rings. The van der Waals surface area contributed by atoms with Crippen molar-refractivity contribution in [3.05, 3.63) is 41.4 Å². The van der Waals surface area contributed by atoms with Crippen LogP contribution in [-0.2, 0) is 9.47 Å². The van der Waals surface area contributed by atoms with E-state index in [0.29, 0.717) is 12.2 Å². The lowest BCUT2D eigenvalue weighted by Crippen LogP contribution is -2.04. The van der Waals surface area contributed by atoms with Crippen molar-refractivity contribution in [3.63, 3.8) is 0 Å². The number of carbonyl (C=O) groups is 1. The Balaban J connectivity index is 2.64. The van der Waals surface area contributed by atoms with Crippen molar-refractivity contribution in [3.8, 4) is 0 Å². The summed E-state index contributed by atoms with van der Waals surface area (Å²) in [4.78, 5) is 11.2. The Hall–Kier alpha value is -1.84. The van der Waals surface area contributed by atoms with Crippen LogP contribution < -0.4 is 0 Å². The van der Waals surface area contributed by atoms with Crippen molar-refractivity contribution < 1.29 is 18.7 Å². The smallest absolute Gasteiger partial charge is 0.340 e. The summed E-state index contributed by atoms with van der Waals surface area (Å²) in [6.07, 6.45) is 5.23. The van der Waals surface area contributed by atoms with Gasteiger partial charge in [-0.3, -0.25) is 0 Å². The predicted octanol–water partition coefficient (Wildman–Crippen LogP) is 3.40. The molecule has 1 rings (SSSR count). The van der Waals surface area contributed by atoms with Gasteiger partial charge in [-0.25, -0.2) is 9.18 Å². The van der Waals surface area contributed by atoms with Gasteiger partial charge in [0.15, 0.2) is 0 Å². The Morgan fingerprint density at radius 2 is 2.22 bits per heavy atom. The van der Waals surface area contributed by atoms with Gasteiger partial charge in [0.1, 0.15) is 5.82 Å². The average molecular weight is 252 g/mol. The van der Waals surface area contributed by atoms with Crippen LogP contribution in [0.15, 0.2) is 24.5 Å². The Morgan fingerprint density at radius 1 is 1.44 bits per heavy atom. The third kappa shape index (κ3) is 4.20. The molecule has 0 saturated heterocycles. The van der Waals surface area contributed by atoms with E-state index in [1.807, 2.05) is 0 Å². The molecule has 0 N–H and O–H groups in total. The zero-order valence-electron chi connectivity index (χ0n) is 10.6. The third-order valence-corrected chi connectivity index (χ3v) is 2.37. The number of unbranched alkanes of at least 4 members (excludes halogenated alkanes) is 1. The maximum Gasteiger partial charge on any atom is 0.340 e. The van der Waals surface area contributed by atoms with Gasteiger partial charge in [-0.15, -0.1) is 0 Å². The first-order chi connectivity index (χ1) is 8.69. The molecule has 0 heterocycles. The molecule has 0 spiro atoms. The van der Waals surface area contributed by atoms with E-state index >= 15 is 0 Å². The summed E-state index contributed by atoms with van der Waals surface area (Å²) >= 11 is 0. The molecule has 98 valence electrons. The number of halogens is 1. The van der Waals surface area contributed by atoms with Crippen LogP contribution in [0.3, 0.4) is 0 Å². The van der Waals surface area contributed by atoms with Crippen LogP contribution in [0.25, 0.3) is 6.08 Å². The minimum absolute atomic E-state index is 0.0680. The molecule has 0 atom stereocenters. The van der Waals surface area contributed by atoms with Gasteiger partial charge < -0.3 is 9.47 Å². The van der Waals surface area contributed by atoms with Crippen molar-refractivity contribution in [2.75, 3.05) is 13.7 Å². The lowest BCUT2D eigenvalue weighted by Gasteiger charge is -2.02. The summed E-state index contributed by atoms with van der Waals surface area (Å²) in [6.45, 7) is 2.73. The second-order valence-electron chi connectivity index (χ2n) is 3.76. The SMILES string of the molecule is CCCCO/C=C/c1ccc(C(=O)OC)c(F)c1. The van der Waals surface area contributed by atoms with Crippen molar-refractivity contribution in [1.82, 2.24) is 0 Å². The monoisotopic (exact) mass is 252 g/mol. The Kier molecular flexibility index (Phi) is 5.91. The van der Waals surface area contributed by atoms with Crippen molar-refractivity contribution in [2.24, 2.45) is 0 Å². The highest BCUT2D eigenvalue weighted by atomic mass is 19.1. The lowest BCUT2D eigenvalue weighted by atomic mass is 10.1. The summed E-state index contributed by atoms with van der Waals surface area (Å²) in [5.74, 6) is -1.28. The van der Waals surface area contributed by atoms with E-state index in [1.165, 1.54) is 25.5 Å². The first-order valence-corrected chi connectivity index (χ1v) is 5.85. The predicted molar refractivity (Wildman–Crippen MR) is 67.6 cm³/mol. The van der Waals surface area contributed by atoms with Crippen molar-refractivity contribution >= 4 is 12.0 Å². The summed E-state index contributed by atoms with van der Waals surface area (Å²) < 4.78 is 23.2. The van der Waals surface area contributed by atoms with Crippen molar-refractivity contribution in [2.45, 2.75) is 19.8 Å². The third-order valence-electron chi connectivity index (χ3n) is 2.37. The molecule has 0 fully saturated rings. The van der Waals surface area contributed by atoms with Crippen LogP contribution in [-0.4, -0.2) is 19.7 Å². The normalized spacial score (nSPS) is 10.6. The Labute approximate surface area is 106 Å². The van der Waals surface area contributed by atoms with Gasteiger partial charge in [0.25, 0.3) is 0 Å². The molecule has 3 nitrogen and oxygen atoms in total. The number of hydrogen-bond donors (Lipinski definition) is 0. The molecule has 1 aromatic rings. The number of ether oxygens (including phenoxy) is 2. The average Bonchev–Trinajstić information content (AvgIpc) is 2.38. The molecule has 0 aromatic heterocycles. The largest absolute Gasteiger partial charge is 0.501 e. The first kappa shape index (κ1) is 14.2. The van der Waals surface area contributed by atoms with Crippen LogP contribution in [0.1, 0.15) is 35.7 Å². The van der Waals surface area contributed by atoms with Gasteiger partial charge in [-0.2, -0.15) is 0 Å². The van der Waals surface area contributed by atoms with E-state index < -0.39 is 11.8 Å². The number of esters is 1. The molecule has 0 aliphatic heterocycles. The molecule has 0 aliphatic carbocycles. The molecule has 1 aromatic carbocycles. The molecule has 0 unspecified atom stereocenters. The molecule has 0 bridgehead atoms. The number of rotatable bonds is 6. The van der Waals surface area contributed by atoms with Crippen LogP contribution in [0.2, 0.25) is 0 Å². The summed E-state index contributed by atoms with van der Waals surface area (Å²) in [5, 5.41) is 0. The highest BCUT2D eigenvalue weighted by Gasteiger charge is 2.11. The van der Waals surface area contributed by atoms with Crippen LogP contribution in [0.5, 0.6) is 0 Å². The molecule has 18 heavy (non-hydrogen) atoms. The standard InChI is InChI=1S/C14H17FO3/c1-3-4-8-18-9-7-11-5-6-12(13(15)10-11)14(16)17-2/h5-7,9-10H,3-4,8H2,1-2H3/b9-7+. The highest BCUT2D eigenvalue weighted by molar-refractivity contribution is 5.89. The van der Waals surface area contributed by atoms with Crippen LogP contribution >= 0.6 is 0 Å². The zero-order chi connectivity index (χ0) is 13.4. The Bertz CT molecular complexity index is 427. The zero-order valence-corrected chi connectivity index (χ0v) is 10.6. The summed E-state index contributed by atoms with van der Waals surface area (Å²) in [5.41, 5.74) is 0.568. The number of benzene rings is 1. The van der Waals surface area contributed by atoms with E-state index in [-0.39, 0.29) is 5.56 Å². The Morgan fingerprint density at radius 3 is 2.83 bits per heavy atom.